The summed E-state index contributed by atoms with van der Waals surface area (Å²) in [7, 11) is 0. The molecule has 19 heavy (non-hydrogen) atoms. The molecular weight excluding hydrogens is 266 g/mol. The van der Waals surface area contributed by atoms with E-state index in [1.54, 1.807) is 4.90 Å². The van der Waals surface area contributed by atoms with E-state index >= 15 is 0 Å². The number of likely N-dealkylation sites (tertiary alicyclic amines) is 1. The summed E-state index contributed by atoms with van der Waals surface area (Å²) in [6.07, 6.45) is 2.64. The number of hydrogen-bond donors (Lipinski definition) is 1. The molecule has 2 amide bonds. The van der Waals surface area contributed by atoms with Crippen LogP contribution in [-0.2, 0) is 9.59 Å². The molecular formula is C13H26ClN3O2. The molecule has 0 aromatic heterocycles. The number of nitrogens with zero attached hydrogens (tertiary/aromatic N) is 2. The van der Waals surface area contributed by atoms with Crippen LogP contribution >= 0.6 is 12.4 Å². The lowest BCUT2D eigenvalue weighted by molar-refractivity contribution is -0.137. The summed E-state index contributed by atoms with van der Waals surface area (Å²) in [5.74, 6) is 0.139. The fourth-order valence-corrected chi connectivity index (χ4v) is 2.50. The molecule has 1 rings (SSSR count). The van der Waals surface area contributed by atoms with Crippen molar-refractivity contribution in [3.8, 4) is 0 Å². The second-order valence-electron chi connectivity index (χ2n) is 4.68. The van der Waals surface area contributed by atoms with Gasteiger partial charge in [-0.3, -0.25) is 9.59 Å². The van der Waals surface area contributed by atoms with Crippen LogP contribution in [0.4, 0.5) is 0 Å². The largest absolute Gasteiger partial charge is 0.343 e. The number of rotatable bonds is 6. The van der Waals surface area contributed by atoms with Gasteiger partial charge in [-0.25, -0.2) is 0 Å². The summed E-state index contributed by atoms with van der Waals surface area (Å²) in [5, 5.41) is 0. The van der Waals surface area contributed by atoms with E-state index in [0.717, 1.165) is 19.4 Å². The molecule has 0 spiro atoms. The van der Waals surface area contributed by atoms with Gasteiger partial charge in [0.15, 0.2) is 0 Å². The Hall–Kier alpha value is -0.810. The third-order valence-corrected chi connectivity index (χ3v) is 3.64. The van der Waals surface area contributed by atoms with E-state index in [9.17, 15) is 9.59 Å². The van der Waals surface area contributed by atoms with Crippen LogP contribution in [0.2, 0.25) is 0 Å². The Morgan fingerprint density at radius 3 is 2.42 bits per heavy atom. The van der Waals surface area contributed by atoms with Crippen LogP contribution in [0, 0.1) is 0 Å². The topological polar surface area (TPSA) is 66.6 Å². The van der Waals surface area contributed by atoms with Crippen molar-refractivity contribution in [3.05, 3.63) is 0 Å². The van der Waals surface area contributed by atoms with Crippen LogP contribution in [0.3, 0.4) is 0 Å². The van der Waals surface area contributed by atoms with Gasteiger partial charge in [-0.05, 0) is 26.7 Å². The van der Waals surface area contributed by atoms with Crippen molar-refractivity contribution >= 4 is 24.2 Å². The highest BCUT2D eigenvalue weighted by Crippen LogP contribution is 2.17. The summed E-state index contributed by atoms with van der Waals surface area (Å²) >= 11 is 0. The third-order valence-electron chi connectivity index (χ3n) is 3.64. The predicted molar refractivity (Wildman–Crippen MR) is 78.2 cm³/mol. The molecule has 1 heterocycles. The molecule has 1 atom stereocenters. The van der Waals surface area contributed by atoms with Gasteiger partial charge in [-0.2, -0.15) is 0 Å². The van der Waals surface area contributed by atoms with Crippen molar-refractivity contribution < 1.29 is 9.59 Å². The Labute approximate surface area is 121 Å². The van der Waals surface area contributed by atoms with Crippen molar-refractivity contribution in [3.63, 3.8) is 0 Å². The van der Waals surface area contributed by atoms with E-state index in [0.29, 0.717) is 32.5 Å². The molecule has 2 N–H and O–H groups in total. The Balaban J connectivity index is 0.00000324. The quantitative estimate of drug-likeness (QED) is 0.794. The van der Waals surface area contributed by atoms with Crippen LogP contribution < -0.4 is 5.73 Å². The molecule has 1 fully saturated rings. The molecule has 0 aromatic rings. The minimum atomic E-state index is 0. The lowest BCUT2D eigenvalue weighted by Gasteiger charge is -2.24. The Morgan fingerprint density at radius 1 is 1.26 bits per heavy atom. The number of nitrogens with two attached hydrogens (primary N) is 1. The smallest absolute Gasteiger partial charge is 0.223 e. The summed E-state index contributed by atoms with van der Waals surface area (Å²) in [4.78, 5) is 27.4. The van der Waals surface area contributed by atoms with Gasteiger partial charge in [0.1, 0.15) is 0 Å². The van der Waals surface area contributed by atoms with Gasteiger partial charge in [-0.1, -0.05) is 0 Å². The van der Waals surface area contributed by atoms with Crippen molar-refractivity contribution in [2.45, 2.75) is 45.6 Å². The highest BCUT2D eigenvalue weighted by molar-refractivity contribution is 5.85. The van der Waals surface area contributed by atoms with Gasteiger partial charge in [0.2, 0.25) is 11.8 Å². The van der Waals surface area contributed by atoms with Gasteiger partial charge < -0.3 is 15.5 Å². The van der Waals surface area contributed by atoms with Gasteiger partial charge in [0.25, 0.3) is 0 Å². The maximum absolute atomic E-state index is 12.0. The zero-order chi connectivity index (χ0) is 13.5. The summed E-state index contributed by atoms with van der Waals surface area (Å²) in [6, 6.07) is 0.182. The zero-order valence-electron chi connectivity index (χ0n) is 11.9. The van der Waals surface area contributed by atoms with Crippen LogP contribution in [0.15, 0.2) is 0 Å². The van der Waals surface area contributed by atoms with E-state index in [-0.39, 0.29) is 30.3 Å². The minimum absolute atomic E-state index is 0. The maximum Gasteiger partial charge on any atom is 0.223 e. The molecule has 6 heteroatoms. The summed E-state index contributed by atoms with van der Waals surface area (Å²) in [6.45, 7) is 6.63. The number of hydrogen-bond acceptors (Lipinski definition) is 3. The zero-order valence-corrected chi connectivity index (χ0v) is 12.7. The average molecular weight is 292 g/mol. The van der Waals surface area contributed by atoms with E-state index in [4.69, 9.17) is 5.73 Å². The van der Waals surface area contributed by atoms with E-state index < -0.39 is 0 Å². The Kier molecular flexibility index (Phi) is 8.76. The van der Waals surface area contributed by atoms with Crippen molar-refractivity contribution in [2.75, 3.05) is 26.2 Å². The lowest BCUT2D eigenvalue weighted by Crippen LogP contribution is -2.40. The molecule has 0 saturated carbocycles. The van der Waals surface area contributed by atoms with Crippen molar-refractivity contribution in [1.29, 1.82) is 0 Å². The van der Waals surface area contributed by atoms with Crippen LogP contribution in [0.1, 0.15) is 39.5 Å². The monoisotopic (exact) mass is 291 g/mol. The molecule has 0 aromatic carbocycles. The molecule has 112 valence electrons. The summed E-state index contributed by atoms with van der Waals surface area (Å²) in [5.41, 5.74) is 5.64. The number of amides is 2. The molecule has 0 bridgehead atoms. The standard InChI is InChI=1S/C13H25N3O2.ClH/c1-3-15(4-2)12(17)7-8-13(18)16-9-5-6-11(16)10-14;/h11H,3-10,14H2,1-2H3;1H. The van der Waals surface area contributed by atoms with Gasteiger partial charge in [0.05, 0.1) is 0 Å². The fourth-order valence-electron chi connectivity index (χ4n) is 2.50. The van der Waals surface area contributed by atoms with E-state index in [1.165, 1.54) is 0 Å². The average Bonchev–Trinajstić information content (AvgIpc) is 2.85. The first-order valence-corrected chi connectivity index (χ1v) is 6.91. The molecule has 5 nitrogen and oxygen atoms in total. The summed E-state index contributed by atoms with van der Waals surface area (Å²) < 4.78 is 0. The molecule has 1 unspecified atom stereocenters. The van der Waals surface area contributed by atoms with Crippen LogP contribution in [-0.4, -0.2) is 53.8 Å². The molecule has 0 radical (unpaired) electrons. The fraction of sp³-hybridized carbons (Fsp3) is 0.846. The molecule has 1 aliphatic rings. The first kappa shape index (κ1) is 18.2. The van der Waals surface area contributed by atoms with Crippen LogP contribution in [0.25, 0.3) is 0 Å². The second kappa shape index (κ2) is 9.15. The van der Waals surface area contributed by atoms with Gasteiger partial charge in [-0.15, -0.1) is 12.4 Å². The van der Waals surface area contributed by atoms with Gasteiger partial charge >= 0.3 is 0 Å². The second-order valence-corrected chi connectivity index (χ2v) is 4.68. The normalized spacial score (nSPS) is 18.1. The van der Waals surface area contributed by atoms with Crippen molar-refractivity contribution in [1.82, 2.24) is 9.80 Å². The highest BCUT2D eigenvalue weighted by atomic mass is 35.5. The number of carbonyl (C=O) groups excluding carboxylic acids is 2. The number of carbonyl (C=O) groups is 2. The first-order chi connectivity index (χ1) is 8.63. The predicted octanol–water partition coefficient (Wildman–Crippen LogP) is 1.01. The minimum Gasteiger partial charge on any atom is -0.343 e. The van der Waals surface area contributed by atoms with Crippen molar-refractivity contribution in [2.24, 2.45) is 5.73 Å². The first-order valence-electron chi connectivity index (χ1n) is 6.91. The maximum atomic E-state index is 12.0. The molecule has 1 saturated heterocycles. The Morgan fingerprint density at radius 2 is 1.89 bits per heavy atom. The van der Waals surface area contributed by atoms with E-state index in [2.05, 4.69) is 0 Å². The highest BCUT2D eigenvalue weighted by Gasteiger charge is 2.27. The SMILES string of the molecule is CCN(CC)C(=O)CCC(=O)N1CCCC1CN.Cl. The Bertz CT molecular complexity index is 296. The lowest BCUT2D eigenvalue weighted by atomic mass is 10.2. The number of halogens is 1. The molecule has 0 aliphatic carbocycles. The van der Waals surface area contributed by atoms with Gasteiger partial charge in [0, 0.05) is 45.1 Å². The van der Waals surface area contributed by atoms with E-state index in [1.807, 2.05) is 18.7 Å². The third kappa shape index (κ3) is 4.99. The molecule has 1 aliphatic heterocycles. The van der Waals surface area contributed by atoms with Crippen LogP contribution in [0.5, 0.6) is 0 Å².